The van der Waals surface area contributed by atoms with E-state index in [2.05, 4.69) is 24.3 Å². The highest BCUT2D eigenvalue weighted by Crippen LogP contribution is 2.51. The standard InChI is InChI=1S/C26H22NO2P/c28-30(22-12-6-2-7-13-22,23-14-8-3-9-15-23)29-25-19-17-21-16-18-24(27-26(21)25)20-10-4-1-5-11-20/h1-16,18,25H,17,19H2. The normalized spacial score (nSPS) is 15.7. The quantitative estimate of drug-likeness (QED) is 0.397. The fraction of sp³-hybridized carbons (Fsp3) is 0.115. The van der Waals surface area contributed by atoms with Gasteiger partial charge in [-0.2, -0.15) is 0 Å². The summed E-state index contributed by atoms with van der Waals surface area (Å²) in [4.78, 5) is 4.93. The lowest BCUT2D eigenvalue weighted by Crippen LogP contribution is -2.19. The molecule has 0 fully saturated rings. The van der Waals surface area contributed by atoms with E-state index in [1.54, 1.807) is 0 Å². The summed E-state index contributed by atoms with van der Waals surface area (Å²) in [7, 11) is -3.26. The summed E-state index contributed by atoms with van der Waals surface area (Å²) in [6.45, 7) is 0. The molecule has 30 heavy (non-hydrogen) atoms. The molecule has 0 saturated carbocycles. The zero-order valence-electron chi connectivity index (χ0n) is 16.5. The minimum Gasteiger partial charge on any atom is -0.312 e. The molecule has 0 bridgehead atoms. The van der Waals surface area contributed by atoms with Gasteiger partial charge in [-0.3, -0.25) is 4.57 Å². The first-order chi connectivity index (χ1) is 14.7. The Bertz CT molecular complexity index is 1150. The molecule has 0 saturated heterocycles. The number of aromatic nitrogens is 1. The summed E-state index contributed by atoms with van der Waals surface area (Å²) in [5, 5.41) is 1.42. The molecule has 1 aliphatic rings. The van der Waals surface area contributed by atoms with Gasteiger partial charge in [0.1, 0.15) is 6.10 Å². The first-order valence-corrected chi connectivity index (χ1v) is 11.8. The van der Waals surface area contributed by atoms with Crippen LogP contribution in [0.1, 0.15) is 23.8 Å². The van der Waals surface area contributed by atoms with Crippen LogP contribution in [0.5, 0.6) is 0 Å². The summed E-state index contributed by atoms with van der Waals surface area (Å²) < 4.78 is 20.8. The molecular formula is C26H22NO2P. The van der Waals surface area contributed by atoms with Crippen molar-refractivity contribution in [3.63, 3.8) is 0 Å². The number of hydrogen-bond donors (Lipinski definition) is 0. The second-order valence-corrected chi connectivity index (χ2v) is 9.81. The summed E-state index contributed by atoms with van der Waals surface area (Å²) in [5.41, 5.74) is 4.06. The van der Waals surface area contributed by atoms with E-state index in [4.69, 9.17) is 9.51 Å². The third-order valence-electron chi connectivity index (χ3n) is 5.53. The monoisotopic (exact) mass is 411 g/mol. The van der Waals surface area contributed by atoms with E-state index in [0.29, 0.717) is 10.6 Å². The molecule has 1 unspecified atom stereocenters. The van der Waals surface area contributed by atoms with Gasteiger partial charge in [0.05, 0.1) is 11.4 Å². The Kier molecular flexibility index (Phi) is 5.08. The van der Waals surface area contributed by atoms with Crippen molar-refractivity contribution in [3.8, 4) is 11.3 Å². The third-order valence-corrected chi connectivity index (χ3v) is 8.04. The van der Waals surface area contributed by atoms with Crippen molar-refractivity contribution in [2.75, 3.05) is 0 Å². The molecule has 0 amide bonds. The molecule has 0 N–H and O–H groups in total. The van der Waals surface area contributed by atoms with Crippen LogP contribution in [0.15, 0.2) is 103 Å². The second kappa shape index (κ2) is 8.02. The van der Waals surface area contributed by atoms with Crippen LogP contribution in [-0.2, 0) is 15.5 Å². The highest BCUT2D eigenvalue weighted by Gasteiger charge is 2.36. The molecule has 1 aromatic heterocycles. The molecule has 148 valence electrons. The van der Waals surface area contributed by atoms with E-state index >= 15 is 0 Å². The Balaban J connectivity index is 1.55. The lowest BCUT2D eigenvalue weighted by Gasteiger charge is -2.23. The fourth-order valence-electron chi connectivity index (χ4n) is 3.99. The minimum atomic E-state index is -3.26. The lowest BCUT2D eigenvalue weighted by molar-refractivity contribution is 0.215. The number of nitrogens with zero attached hydrogens (tertiary/aromatic N) is 1. The van der Waals surface area contributed by atoms with Crippen LogP contribution >= 0.6 is 7.37 Å². The van der Waals surface area contributed by atoms with Gasteiger partial charge in [-0.25, -0.2) is 4.98 Å². The predicted octanol–water partition coefficient (Wildman–Crippen LogP) is 5.68. The molecule has 3 nitrogen and oxygen atoms in total. The minimum absolute atomic E-state index is 0.296. The first kappa shape index (κ1) is 19.0. The molecule has 1 atom stereocenters. The molecule has 0 radical (unpaired) electrons. The van der Waals surface area contributed by atoms with Gasteiger partial charge < -0.3 is 4.52 Å². The van der Waals surface area contributed by atoms with E-state index in [9.17, 15) is 4.57 Å². The number of aryl methyl sites for hydroxylation is 1. The number of benzene rings is 3. The molecule has 4 aromatic rings. The van der Waals surface area contributed by atoms with Crippen molar-refractivity contribution in [1.29, 1.82) is 0 Å². The number of rotatable bonds is 5. The third kappa shape index (κ3) is 3.52. The Hall–Kier alpha value is -3.00. The topological polar surface area (TPSA) is 39.2 Å². The van der Waals surface area contributed by atoms with Crippen molar-refractivity contribution in [1.82, 2.24) is 4.98 Å². The molecule has 0 aliphatic heterocycles. The summed E-state index contributed by atoms with van der Waals surface area (Å²) in [6, 6.07) is 33.3. The Morgan fingerprint density at radius 1 is 0.733 bits per heavy atom. The molecular weight excluding hydrogens is 389 g/mol. The largest absolute Gasteiger partial charge is 0.312 e. The molecule has 1 aliphatic carbocycles. The van der Waals surface area contributed by atoms with E-state index < -0.39 is 7.37 Å². The van der Waals surface area contributed by atoms with Crippen LogP contribution in [0.2, 0.25) is 0 Å². The van der Waals surface area contributed by atoms with Gasteiger partial charge >= 0.3 is 0 Å². The van der Waals surface area contributed by atoms with Gasteiger partial charge in [0, 0.05) is 16.2 Å². The highest BCUT2D eigenvalue weighted by molar-refractivity contribution is 7.74. The summed E-state index contributed by atoms with van der Waals surface area (Å²) in [5.74, 6) is 0. The van der Waals surface area contributed by atoms with Crippen molar-refractivity contribution in [2.45, 2.75) is 18.9 Å². The van der Waals surface area contributed by atoms with Crippen molar-refractivity contribution < 1.29 is 9.09 Å². The molecule has 3 aromatic carbocycles. The number of fused-ring (bicyclic) bond motifs is 1. The average Bonchev–Trinajstić information content (AvgIpc) is 3.22. The van der Waals surface area contributed by atoms with Crippen molar-refractivity contribution in [3.05, 3.63) is 114 Å². The van der Waals surface area contributed by atoms with Crippen molar-refractivity contribution in [2.24, 2.45) is 0 Å². The van der Waals surface area contributed by atoms with E-state index in [1.807, 2.05) is 78.9 Å². The highest BCUT2D eigenvalue weighted by atomic mass is 31.2. The van der Waals surface area contributed by atoms with Crippen LogP contribution in [0.4, 0.5) is 0 Å². The lowest BCUT2D eigenvalue weighted by atomic mass is 10.1. The number of hydrogen-bond acceptors (Lipinski definition) is 3. The summed E-state index contributed by atoms with van der Waals surface area (Å²) in [6.07, 6.45) is 1.37. The zero-order valence-corrected chi connectivity index (χ0v) is 17.4. The SMILES string of the molecule is O=P(OC1CCc2ccc(-c3ccccc3)nc21)(c1ccccc1)c1ccccc1. The predicted molar refractivity (Wildman–Crippen MR) is 122 cm³/mol. The molecule has 5 rings (SSSR count). The van der Waals surface area contributed by atoms with Crippen LogP contribution in [0.3, 0.4) is 0 Å². The number of pyridine rings is 1. The second-order valence-electron chi connectivity index (χ2n) is 7.46. The van der Waals surface area contributed by atoms with E-state index in [1.165, 1.54) is 5.56 Å². The van der Waals surface area contributed by atoms with Gasteiger partial charge in [0.2, 0.25) is 0 Å². The molecule has 4 heteroatoms. The van der Waals surface area contributed by atoms with Crippen LogP contribution < -0.4 is 10.6 Å². The van der Waals surface area contributed by atoms with Gasteiger partial charge in [0.15, 0.2) is 0 Å². The van der Waals surface area contributed by atoms with E-state index in [0.717, 1.165) is 29.8 Å². The maximum Gasteiger partial charge on any atom is 0.261 e. The van der Waals surface area contributed by atoms with Gasteiger partial charge in [-0.15, -0.1) is 0 Å². The Labute approximate surface area is 176 Å². The molecule has 1 heterocycles. The van der Waals surface area contributed by atoms with Crippen LogP contribution in [0.25, 0.3) is 11.3 Å². The summed E-state index contributed by atoms with van der Waals surface area (Å²) >= 11 is 0. The average molecular weight is 411 g/mol. The van der Waals surface area contributed by atoms with E-state index in [-0.39, 0.29) is 6.10 Å². The first-order valence-electron chi connectivity index (χ1n) is 10.2. The van der Waals surface area contributed by atoms with Gasteiger partial charge in [-0.05, 0) is 48.7 Å². The smallest absolute Gasteiger partial charge is 0.261 e. The van der Waals surface area contributed by atoms with Crippen LogP contribution in [0, 0.1) is 0 Å². The Morgan fingerprint density at radius 3 is 1.90 bits per heavy atom. The van der Waals surface area contributed by atoms with Crippen LogP contribution in [-0.4, -0.2) is 4.98 Å². The molecule has 0 spiro atoms. The van der Waals surface area contributed by atoms with Crippen molar-refractivity contribution >= 4 is 18.0 Å². The fourth-order valence-corrected chi connectivity index (χ4v) is 6.22. The van der Waals surface area contributed by atoms with Gasteiger partial charge in [-0.1, -0.05) is 72.8 Å². The Morgan fingerprint density at radius 2 is 1.30 bits per heavy atom. The van der Waals surface area contributed by atoms with Gasteiger partial charge in [0.25, 0.3) is 7.37 Å². The zero-order chi connectivity index (χ0) is 20.4. The maximum atomic E-state index is 14.3. The maximum absolute atomic E-state index is 14.3.